The molecule has 0 spiro atoms. The van der Waals surface area contributed by atoms with Crippen molar-refractivity contribution in [3.63, 3.8) is 0 Å². The van der Waals surface area contributed by atoms with Gasteiger partial charge in [-0.15, -0.1) is 11.8 Å². The van der Waals surface area contributed by atoms with Crippen molar-refractivity contribution in [2.75, 3.05) is 20.0 Å². The van der Waals surface area contributed by atoms with Crippen LogP contribution in [0.25, 0.3) is 0 Å². The molecule has 20 heavy (non-hydrogen) atoms. The van der Waals surface area contributed by atoms with Crippen molar-refractivity contribution in [1.82, 2.24) is 0 Å². The van der Waals surface area contributed by atoms with Crippen LogP contribution in [0.3, 0.4) is 0 Å². The van der Waals surface area contributed by atoms with Gasteiger partial charge in [0.1, 0.15) is 5.75 Å². The normalized spacial score (nSPS) is 12.5. The lowest BCUT2D eigenvalue weighted by atomic mass is 10.1. The van der Waals surface area contributed by atoms with E-state index in [-0.39, 0.29) is 11.4 Å². The third-order valence-corrected chi connectivity index (χ3v) is 3.87. The van der Waals surface area contributed by atoms with Crippen molar-refractivity contribution < 1.29 is 14.7 Å². The summed E-state index contributed by atoms with van der Waals surface area (Å²) in [4.78, 5) is 0.906. The molecule has 1 rings (SSSR count). The number of thioether (sulfide) groups is 1. The zero-order valence-electron chi connectivity index (χ0n) is 12.3. The summed E-state index contributed by atoms with van der Waals surface area (Å²) in [7, 11) is 1.68. The Morgan fingerprint density at radius 2 is 2.15 bits per heavy atom. The van der Waals surface area contributed by atoms with Crippen molar-refractivity contribution in [3.05, 3.63) is 23.8 Å². The first-order valence-electron chi connectivity index (χ1n) is 6.28. The first-order chi connectivity index (χ1) is 9.45. The lowest BCUT2D eigenvalue weighted by Gasteiger charge is -2.23. The highest BCUT2D eigenvalue weighted by Crippen LogP contribution is 2.29. The van der Waals surface area contributed by atoms with E-state index in [0.29, 0.717) is 17.9 Å². The van der Waals surface area contributed by atoms with Gasteiger partial charge < -0.3 is 20.4 Å². The standard InChI is InChI=1S/C14H22N2O3S/c1-14(2,18-3)8-9-19-10-6-5-7-11(20-4)12(10)13(15)16-17/h5-7,17H,8-9H2,1-4H3,(H2,15,16). The minimum absolute atomic E-state index is 0.0518. The highest BCUT2D eigenvalue weighted by atomic mass is 32.2. The Morgan fingerprint density at radius 3 is 2.70 bits per heavy atom. The van der Waals surface area contributed by atoms with E-state index in [1.54, 1.807) is 7.11 Å². The highest BCUT2D eigenvalue weighted by Gasteiger charge is 2.18. The molecule has 0 heterocycles. The minimum Gasteiger partial charge on any atom is -0.493 e. The lowest BCUT2D eigenvalue weighted by Crippen LogP contribution is -2.25. The van der Waals surface area contributed by atoms with Gasteiger partial charge in [0.05, 0.1) is 17.8 Å². The quantitative estimate of drug-likeness (QED) is 0.266. The van der Waals surface area contributed by atoms with Crippen LogP contribution in [0.15, 0.2) is 28.3 Å². The summed E-state index contributed by atoms with van der Waals surface area (Å²) in [6, 6.07) is 5.60. The van der Waals surface area contributed by atoms with Crippen molar-refractivity contribution in [2.45, 2.75) is 30.8 Å². The van der Waals surface area contributed by atoms with Gasteiger partial charge in [0.2, 0.25) is 0 Å². The van der Waals surface area contributed by atoms with Gasteiger partial charge in [0.25, 0.3) is 0 Å². The van der Waals surface area contributed by atoms with Crippen molar-refractivity contribution >= 4 is 17.6 Å². The summed E-state index contributed by atoms with van der Waals surface area (Å²) in [5.74, 6) is 0.662. The number of hydrogen-bond acceptors (Lipinski definition) is 5. The van der Waals surface area contributed by atoms with Gasteiger partial charge in [-0.1, -0.05) is 11.2 Å². The van der Waals surface area contributed by atoms with Crippen molar-refractivity contribution in [3.8, 4) is 5.75 Å². The van der Waals surface area contributed by atoms with E-state index in [0.717, 1.165) is 11.3 Å². The molecule has 0 atom stereocenters. The van der Waals surface area contributed by atoms with Crippen molar-refractivity contribution in [1.29, 1.82) is 0 Å². The topological polar surface area (TPSA) is 77.1 Å². The van der Waals surface area contributed by atoms with Crippen LogP contribution in [0.1, 0.15) is 25.8 Å². The van der Waals surface area contributed by atoms with Gasteiger partial charge in [-0.05, 0) is 32.2 Å². The number of nitrogens with zero attached hydrogens (tertiary/aromatic N) is 1. The third kappa shape index (κ3) is 4.31. The maximum absolute atomic E-state index is 8.90. The Bertz CT molecular complexity index is 475. The molecule has 0 aliphatic carbocycles. The first kappa shape index (κ1) is 16.7. The largest absolute Gasteiger partial charge is 0.493 e. The van der Waals surface area contributed by atoms with Crippen LogP contribution >= 0.6 is 11.8 Å². The second kappa shape index (κ2) is 7.40. The Morgan fingerprint density at radius 1 is 1.45 bits per heavy atom. The van der Waals surface area contributed by atoms with Crippen molar-refractivity contribution in [2.24, 2.45) is 10.9 Å². The summed E-state index contributed by atoms with van der Waals surface area (Å²) >= 11 is 1.52. The van der Waals surface area contributed by atoms with E-state index in [1.165, 1.54) is 11.8 Å². The molecule has 1 aromatic carbocycles. The van der Waals surface area contributed by atoms with Gasteiger partial charge in [-0.2, -0.15) is 0 Å². The van der Waals surface area contributed by atoms with Crippen LogP contribution < -0.4 is 10.5 Å². The number of oxime groups is 1. The molecule has 0 bridgehead atoms. The SMILES string of the molecule is COC(C)(C)CCOc1cccc(SC)c1/C(N)=N/O. The summed E-state index contributed by atoms with van der Waals surface area (Å²) in [6.45, 7) is 4.49. The van der Waals surface area contributed by atoms with Gasteiger partial charge in [-0.25, -0.2) is 0 Å². The molecule has 6 heteroatoms. The average Bonchev–Trinajstić information content (AvgIpc) is 2.46. The average molecular weight is 298 g/mol. The zero-order chi connectivity index (χ0) is 15.2. The second-order valence-corrected chi connectivity index (χ2v) is 5.73. The number of benzene rings is 1. The fraction of sp³-hybridized carbons (Fsp3) is 0.500. The molecule has 0 fully saturated rings. The smallest absolute Gasteiger partial charge is 0.174 e. The monoisotopic (exact) mass is 298 g/mol. The molecule has 0 saturated carbocycles. The fourth-order valence-corrected chi connectivity index (χ4v) is 2.24. The molecule has 1 aromatic rings. The Kier molecular flexibility index (Phi) is 6.16. The Balaban J connectivity index is 2.90. The second-order valence-electron chi connectivity index (χ2n) is 4.88. The summed E-state index contributed by atoms with van der Waals surface area (Å²) in [5, 5.41) is 12.0. The molecular formula is C14H22N2O3S. The first-order valence-corrected chi connectivity index (χ1v) is 7.50. The van der Waals surface area contributed by atoms with E-state index >= 15 is 0 Å². The molecule has 0 radical (unpaired) electrons. The Labute approximate surface area is 124 Å². The highest BCUT2D eigenvalue weighted by molar-refractivity contribution is 7.98. The lowest BCUT2D eigenvalue weighted by molar-refractivity contribution is 0.00542. The molecular weight excluding hydrogens is 276 g/mol. The number of ether oxygens (including phenoxy) is 2. The molecule has 0 aliphatic heterocycles. The summed E-state index contributed by atoms with van der Waals surface area (Å²) < 4.78 is 11.1. The molecule has 0 unspecified atom stereocenters. The maximum atomic E-state index is 8.90. The van der Waals surface area contributed by atoms with Crippen LogP contribution in [-0.2, 0) is 4.74 Å². The molecule has 0 saturated heterocycles. The van der Waals surface area contributed by atoms with E-state index in [2.05, 4.69) is 5.16 Å². The van der Waals surface area contributed by atoms with Gasteiger partial charge in [-0.3, -0.25) is 0 Å². The van der Waals surface area contributed by atoms with Gasteiger partial charge in [0.15, 0.2) is 5.84 Å². The number of methoxy groups -OCH3 is 1. The number of nitrogens with two attached hydrogens (primary N) is 1. The fourth-order valence-electron chi connectivity index (χ4n) is 1.61. The summed E-state index contributed by atoms with van der Waals surface area (Å²) in [5.41, 5.74) is 6.12. The number of rotatable bonds is 7. The van der Waals surface area contributed by atoms with Crippen LogP contribution in [0.5, 0.6) is 5.75 Å². The molecule has 0 aliphatic rings. The van der Waals surface area contributed by atoms with Crippen LogP contribution in [0.4, 0.5) is 0 Å². The molecule has 0 amide bonds. The van der Waals surface area contributed by atoms with Crippen LogP contribution in [0.2, 0.25) is 0 Å². The maximum Gasteiger partial charge on any atom is 0.174 e. The van der Waals surface area contributed by atoms with E-state index in [9.17, 15) is 0 Å². The van der Waals surface area contributed by atoms with Crippen LogP contribution in [0, 0.1) is 0 Å². The predicted molar refractivity (Wildman–Crippen MR) is 81.9 cm³/mol. The van der Waals surface area contributed by atoms with E-state index in [1.807, 2.05) is 38.3 Å². The number of hydrogen-bond donors (Lipinski definition) is 2. The predicted octanol–water partition coefficient (Wildman–Crippen LogP) is 2.70. The van der Waals surface area contributed by atoms with E-state index in [4.69, 9.17) is 20.4 Å². The minimum atomic E-state index is -0.242. The molecule has 5 nitrogen and oxygen atoms in total. The zero-order valence-corrected chi connectivity index (χ0v) is 13.2. The number of amidine groups is 1. The van der Waals surface area contributed by atoms with Gasteiger partial charge in [0, 0.05) is 18.4 Å². The molecule has 3 N–H and O–H groups in total. The molecule has 0 aromatic heterocycles. The molecule has 112 valence electrons. The van der Waals surface area contributed by atoms with E-state index < -0.39 is 0 Å². The summed E-state index contributed by atoms with van der Waals surface area (Å²) in [6.07, 6.45) is 2.67. The Hall–Kier alpha value is -1.40. The van der Waals surface area contributed by atoms with Crippen LogP contribution in [-0.4, -0.2) is 36.6 Å². The van der Waals surface area contributed by atoms with Gasteiger partial charge >= 0.3 is 0 Å². The third-order valence-electron chi connectivity index (χ3n) is 3.09.